The van der Waals surface area contributed by atoms with Gasteiger partial charge < -0.3 is 10.6 Å². The minimum atomic E-state index is -0.772. The lowest BCUT2D eigenvalue weighted by Crippen LogP contribution is -2.47. The van der Waals surface area contributed by atoms with Gasteiger partial charge >= 0.3 is 0 Å². The van der Waals surface area contributed by atoms with Gasteiger partial charge in [0.05, 0.1) is 16.9 Å². The molecule has 2 atom stereocenters. The lowest BCUT2D eigenvalue weighted by molar-refractivity contribution is -0.135. The molecule has 1 aliphatic heterocycles. The summed E-state index contributed by atoms with van der Waals surface area (Å²) in [5.41, 5.74) is 0.830. The maximum Gasteiger partial charge on any atom is 0.229 e. The van der Waals surface area contributed by atoms with Crippen molar-refractivity contribution in [3.8, 4) is 0 Å². The first kappa shape index (κ1) is 15.7. The smallest absolute Gasteiger partial charge is 0.229 e. The van der Waals surface area contributed by atoms with Gasteiger partial charge in [0.15, 0.2) is 0 Å². The third-order valence-corrected chi connectivity index (χ3v) is 4.34. The molecule has 0 spiro atoms. The summed E-state index contributed by atoms with van der Waals surface area (Å²) in [4.78, 5) is 36.4. The first-order valence-corrected chi connectivity index (χ1v) is 7.62. The van der Waals surface area contributed by atoms with Crippen molar-refractivity contribution in [3.05, 3.63) is 40.8 Å². The summed E-state index contributed by atoms with van der Waals surface area (Å²) >= 11 is 5.69. The van der Waals surface area contributed by atoms with Crippen LogP contribution in [0.3, 0.4) is 0 Å². The SMILES string of the molecule is O=C1C[C@@H](C(=O)Nc2ccc(F)c(Cl)c2)[C@H]2C(=O)CCC=C2N1. The van der Waals surface area contributed by atoms with E-state index in [1.807, 2.05) is 0 Å². The second kappa shape index (κ2) is 6.12. The number of halogens is 2. The fraction of sp³-hybridized carbons (Fsp3) is 0.312. The second-order valence-corrected chi connectivity index (χ2v) is 6.03. The zero-order valence-corrected chi connectivity index (χ0v) is 12.8. The third kappa shape index (κ3) is 3.12. The van der Waals surface area contributed by atoms with E-state index in [0.29, 0.717) is 24.2 Å². The number of carbonyl (C=O) groups is 3. The molecule has 5 nitrogen and oxygen atoms in total. The number of hydrogen-bond donors (Lipinski definition) is 2. The number of carbonyl (C=O) groups excluding carboxylic acids is 3. The van der Waals surface area contributed by atoms with Gasteiger partial charge in [0.2, 0.25) is 11.8 Å². The van der Waals surface area contributed by atoms with E-state index in [2.05, 4.69) is 10.6 Å². The molecule has 1 aliphatic carbocycles. The van der Waals surface area contributed by atoms with Crippen LogP contribution in [0.5, 0.6) is 0 Å². The van der Waals surface area contributed by atoms with Gasteiger partial charge in [-0.2, -0.15) is 0 Å². The Labute approximate surface area is 136 Å². The van der Waals surface area contributed by atoms with E-state index < -0.39 is 23.6 Å². The van der Waals surface area contributed by atoms with Gasteiger partial charge in [-0.1, -0.05) is 17.7 Å². The van der Waals surface area contributed by atoms with Gasteiger partial charge in [0.1, 0.15) is 11.6 Å². The topological polar surface area (TPSA) is 75.3 Å². The van der Waals surface area contributed by atoms with E-state index in [9.17, 15) is 18.8 Å². The lowest BCUT2D eigenvalue weighted by Gasteiger charge is -2.34. The van der Waals surface area contributed by atoms with Crippen molar-refractivity contribution < 1.29 is 18.8 Å². The highest BCUT2D eigenvalue weighted by Crippen LogP contribution is 2.33. The first-order valence-electron chi connectivity index (χ1n) is 7.24. The number of hydrogen-bond acceptors (Lipinski definition) is 3. The molecule has 1 aromatic carbocycles. The molecule has 3 rings (SSSR count). The van der Waals surface area contributed by atoms with Crippen LogP contribution in [0.15, 0.2) is 30.0 Å². The number of Topliss-reactive ketones (excluding diaryl/α,β-unsaturated/α-hetero) is 1. The van der Waals surface area contributed by atoms with Gasteiger partial charge in [0.25, 0.3) is 0 Å². The highest BCUT2D eigenvalue weighted by molar-refractivity contribution is 6.31. The van der Waals surface area contributed by atoms with Crippen LogP contribution in [0.1, 0.15) is 19.3 Å². The number of benzene rings is 1. The monoisotopic (exact) mass is 336 g/mol. The van der Waals surface area contributed by atoms with Gasteiger partial charge in [-0.05, 0) is 24.6 Å². The zero-order valence-electron chi connectivity index (χ0n) is 12.1. The summed E-state index contributed by atoms with van der Waals surface area (Å²) in [7, 11) is 0. The minimum absolute atomic E-state index is 0.0558. The second-order valence-electron chi connectivity index (χ2n) is 5.62. The van der Waals surface area contributed by atoms with Gasteiger partial charge in [-0.25, -0.2) is 4.39 Å². The summed E-state index contributed by atoms with van der Waals surface area (Å²) in [6.45, 7) is 0. The molecule has 1 aromatic rings. The van der Waals surface area contributed by atoms with Gasteiger partial charge in [-0.15, -0.1) is 0 Å². The molecule has 2 aliphatic rings. The van der Waals surface area contributed by atoms with Crippen LogP contribution >= 0.6 is 11.6 Å². The molecule has 7 heteroatoms. The number of amides is 2. The van der Waals surface area contributed by atoms with Gasteiger partial charge in [0, 0.05) is 24.2 Å². The maximum atomic E-state index is 13.2. The molecule has 0 radical (unpaired) electrons. The molecule has 0 aromatic heterocycles. The zero-order chi connectivity index (χ0) is 16.6. The summed E-state index contributed by atoms with van der Waals surface area (Å²) in [6.07, 6.45) is 2.65. The van der Waals surface area contributed by atoms with Crippen LogP contribution in [-0.2, 0) is 14.4 Å². The van der Waals surface area contributed by atoms with Crippen LogP contribution in [0.25, 0.3) is 0 Å². The van der Waals surface area contributed by atoms with Crippen molar-refractivity contribution in [1.29, 1.82) is 0 Å². The molecule has 120 valence electrons. The predicted octanol–water partition coefficient (Wildman–Crippen LogP) is 2.42. The van der Waals surface area contributed by atoms with Crippen LogP contribution in [0.2, 0.25) is 5.02 Å². The molecule has 1 heterocycles. The Hall–Kier alpha value is -2.21. The van der Waals surface area contributed by atoms with Crippen LogP contribution in [0, 0.1) is 17.7 Å². The third-order valence-electron chi connectivity index (χ3n) is 4.05. The maximum absolute atomic E-state index is 13.2. The van der Waals surface area contributed by atoms with Crippen LogP contribution in [-0.4, -0.2) is 17.6 Å². The van der Waals surface area contributed by atoms with Crippen molar-refractivity contribution in [3.63, 3.8) is 0 Å². The van der Waals surface area contributed by atoms with E-state index in [-0.39, 0.29) is 23.1 Å². The van der Waals surface area contributed by atoms with E-state index in [0.717, 1.165) is 6.07 Å². The number of anilines is 1. The molecule has 2 amide bonds. The molecule has 0 unspecified atom stereocenters. The fourth-order valence-corrected chi connectivity index (χ4v) is 3.16. The summed E-state index contributed by atoms with van der Waals surface area (Å²) < 4.78 is 13.2. The van der Waals surface area contributed by atoms with Crippen molar-refractivity contribution >= 4 is 34.9 Å². The molecule has 0 bridgehead atoms. The van der Waals surface area contributed by atoms with Crippen molar-refractivity contribution in [2.45, 2.75) is 19.3 Å². The largest absolute Gasteiger partial charge is 0.329 e. The van der Waals surface area contributed by atoms with E-state index in [4.69, 9.17) is 11.6 Å². The number of rotatable bonds is 2. The Balaban J connectivity index is 1.83. The number of fused-ring (bicyclic) bond motifs is 1. The highest BCUT2D eigenvalue weighted by atomic mass is 35.5. The molecule has 1 saturated heterocycles. The fourth-order valence-electron chi connectivity index (χ4n) is 2.98. The van der Waals surface area contributed by atoms with Crippen molar-refractivity contribution in [1.82, 2.24) is 5.32 Å². The Morgan fingerprint density at radius 1 is 1.35 bits per heavy atom. The summed E-state index contributed by atoms with van der Waals surface area (Å²) in [5, 5.41) is 5.16. The quantitative estimate of drug-likeness (QED) is 0.871. The molecule has 2 N–H and O–H groups in total. The Kier molecular flexibility index (Phi) is 4.17. The number of ketones is 1. The normalized spacial score (nSPS) is 23.7. The lowest BCUT2D eigenvalue weighted by atomic mass is 9.76. The van der Waals surface area contributed by atoms with E-state index in [1.165, 1.54) is 12.1 Å². The Bertz CT molecular complexity index is 732. The van der Waals surface area contributed by atoms with Crippen LogP contribution < -0.4 is 10.6 Å². The van der Waals surface area contributed by atoms with E-state index in [1.54, 1.807) is 6.08 Å². The van der Waals surface area contributed by atoms with Crippen molar-refractivity contribution in [2.75, 3.05) is 5.32 Å². The molecule has 23 heavy (non-hydrogen) atoms. The Morgan fingerprint density at radius 3 is 2.87 bits per heavy atom. The Morgan fingerprint density at radius 2 is 2.13 bits per heavy atom. The molecular formula is C16H14ClFN2O3. The summed E-state index contributed by atoms with van der Waals surface area (Å²) in [6, 6.07) is 3.81. The number of allylic oxidation sites excluding steroid dienone is 2. The summed E-state index contributed by atoms with van der Waals surface area (Å²) in [5.74, 6) is -2.79. The molecule has 0 saturated carbocycles. The first-order chi connectivity index (χ1) is 11.0. The predicted molar refractivity (Wildman–Crippen MR) is 82.1 cm³/mol. The number of piperidine rings is 1. The molecular weight excluding hydrogens is 323 g/mol. The van der Waals surface area contributed by atoms with E-state index >= 15 is 0 Å². The average molecular weight is 337 g/mol. The number of nitrogens with one attached hydrogen (secondary N) is 2. The molecule has 1 fully saturated rings. The minimum Gasteiger partial charge on any atom is -0.329 e. The van der Waals surface area contributed by atoms with Gasteiger partial charge in [-0.3, -0.25) is 14.4 Å². The standard InChI is InChI=1S/C16H14ClFN2O3/c17-10-6-8(4-5-11(10)18)19-16(23)9-7-14(22)20-12-2-1-3-13(21)15(9)12/h2,4-6,9,15H,1,3,7H2,(H,19,23)(H,20,22)/t9-,15-/m1/s1. The van der Waals surface area contributed by atoms with Crippen LogP contribution in [0.4, 0.5) is 10.1 Å². The van der Waals surface area contributed by atoms with Crippen molar-refractivity contribution in [2.24, 2.45) is 11.8 Å². The highest BCUT2D eigenvalue weighted by Gasteiger charge is 2.42. The average Bonchev–Trinajstić information content (AvgIpc) is 2.50.